The first-order valence-corrected chi connectivity index (χ1v) is 14.7. The highest BCUT2D eigenvalue weighted by Crippen LogP contribution is 2.78. The first-order valence-electron chi connectivity index (χ1n) is 9.40. The molecule has 1 aromatic rings. The monoisotopic (exact) mass is 454 g/mol. The second-order valence-electron chi connectivity index (χ2n) is 5.54. The molecule has 0 aliphatic carbocycles. The van der Waals surface area contributed by atoms with E-state index < -0.39 is 19.5 Å². The molecule has 0 amide bonds. The van der Waals surface area contributed by atoms with Gasteiger partial charge in [-0.2, -0.15) is 0 Å². The summed E-state index contributed by atoms with van der Waals surface area (Å²) >= 11 is 7.60. The highest BCUT2D eigenvalue weighted by Gasteiger charge is 2.48. The number of hydrogen-bond acceptors (Lipinski definition) is 7. The van der Waals surface area contributed by atoms with Crippen LogP contribution in [0.3, 0.4) is 0 Å². The van der Waals surface area contributed by atoms with Gasteiger partial charge >= 0.3 is 7.60 Å². The summed E-state index contributed by atoms with van der Waals surface area (Å²) in [5.41, 5.74) is 0.770. The molecule has 156 valence electrons. The first kappa shape index (κ1) is 25.3. The van der Waals surface area contributed by atoms with Crippen LogP contribution >= 0.6 is 25.8 Å². The Morgan fingerprint density at radius 2 is 1.37 bits per heavy atom. The summed E-state index contributed by atoms with van der Waals surface area (Å²) in [6.45, 7) is 7.74. The lowest BCUT2D eigenvalue weighted by molar-refractivity contribution is 0.210. The lowest BCUT2D eigenvalue weighted by Gasteiger charge is -2.34. The van der Waals surface area contributed by atoms with Gasteiger partial charge in [-0.1, -0.05) is 19.1 Å². The summed E-state index contributed by atoms with van der Waals surface area (Å²) in [6.07, 6.45) is 1.11. The molecule has 1 rings (SSSR count). The molecule has 0 saturated heterocycles. The van der Waals surface area contributed by atoms with Gasteiger partial charge in [0, 0.05) is 4.90 Å². The SMILES string of the molecule is CCCSc1ccc(C(P(=O)(OCC)OCC)P(=S)(OCC)OCC)cc1. The average molecular weight is 455 g/mol. The molecule has 0 radical (unpaired) electrons. The highest BCUT2D eigenvalue weighted by molar-refractivity contribution is 8.12. The summed E-state index contributed by atoms with van der Waals surface area (Å²) < 4.78 is 36.8. The smallest absolute Gasteiger partial charge is 0.329 e. The van der Waals surface area contributed by atoms with E-state index in [1.54, 1.807) is 25.6 Å². The molecule has 0 aliphatic heterocycles. The third kappa shape index (κ3) is 7.24. The minimum absolute atomic E-state index is 0.256. The van der Waals surface area contributed by atoms with Crippen molar-refractivity contribution in [2.75, 3.05) is 32.2 Å². The van der Waals surface area contributed by atoms with Crippen LogP contribution in [-0.2, 0) is 34.5 Å². The Balaban J connectivity index is 3.43. The largest absolute Gasteiger partial charge is 0.347 e. The van der Waals surface area contributed by atoms with E-state index in [2.05, 4.69) is 6.92 Å². The van der Waals surface area contributed by atoms with Gasteiger partial charge in [-0.05, 0) is 69.4 Å². The van der Waals surface area contributed by atoms with Gasteiger partial charge in [-0.25, -0.2) is 0 Å². The van der Waals surface area contributed by atoms with Gasteiger partial charge in [0.05, 0.1) is 26.4 Å². The van der Waals surface area contributed by atoms with E-state index in [0.717, 1.165) is 22.6 Å². The van der Waals surface area contributed by atoms with Gasteiger partial charge in [0.2, 0.25) is 6.49 Å². The zero-order chi connectivity index (χ0) is 20.3. The van der Waals surface area contributed by atoms with Crippen molar-refractivity contribution in [1.29, 1.82) is 0 Å². The Morgan fingerprint density at radius 1 is 0.889 bits per heavy atom. The maximum atomic E-state index is 13.7. The third-order valence-corrected chi connectivity index (χ3v) is 12.5. The second-order valence-corrected chi connectivity index (χ2v) is 12.9. The fourth-order valence-electron chi connectivity index (χ4n) is 2.57. The number of hydrogen-bond donors (Lipinski definition) is 0. The van der Waals surface area contributed by atoms with E-state index in [4.69, 9.17) is 29.9 Å². The standard InChI is InChI=1S/C18H32O5P2S2/c1-6-15-27-17-13-11-16(12-14-17)18(24(19,20-7-2)21-8-3)25(26,22-9-4)23-10-5/h11-14,18H,6-10,15H2,1-5H3. The molecule has 9 heteroatoms. The summed E-state index contributed by atoms with van der Waals surface area (Å²) in [5.74, 6) is 1.05. The van der Waals surface area contributed by atoms with E-state index in [9.17, 15) is 4.57 Å². The minimum Gasteiger partial charge on any atom is -0.329 e. The number of thioether (sulfide) groups is 1. The normalized spacial score (nSPS) is 13.7. The van der Waals surface area contributed by atoms with Crippen molar-refractivity contribution in [2.24, 2.45) is 0 Å². The van der Waals surface area contributed by atoms with Crippen molar-refractivity contribution in [3.63, 3.8) is 0 Å². The van der Waals surface area contributed by atoms with E-state index in [-0.39, 0.29) is 13.2 Å². The van der Waals surface area contributed by atoms with Crippen LogP contribution in [0.25, 0.3) is 0 Å². The molecule has 0 N–H and O–H groups in total. The molecule has 0 fully saturated rings. The van der Waals surface area contributed by atoms with E-state index in [1.165, 1.54) is 0 Å². The first-order chi connectivity index (χ1) is 12.9. The third-order valence-electron chi connectivity index (χ3n) is 3.49. The van der Waals surface area contributed by atoms with Gasteiger partial charge in [0.15, 0.2) is 5.40 Å². The van der Waals surface area contributed by atoms with Crippen molar-refractivity contribution >= 4 is 37.7 Å². The molecule has 0 spiro atoms. The quantitative estimate of drug-likeness (QED) is 0.225. The Kier molecular flexibility index (Phi) is 12.0. The van der Waals surface area contributed by atoms with Gasteiger partial charge in [-0.3, -0.25) is 4.57 Å². The fraction of sp³-hybridized carbons (Fsp3) is 0.667. The van der Waals surface area contributed by atoms with Crippen LogP contribution in [0.2, 0.25) is 0 Å². The van der Waals surface area contributed by atoms with Crippen LogP contribution in [0.1, 0.15) is 52.0 Å². The lowest BCUT2D eigenvalue weighted by atomic mass is 10.2. The maximum absolute atomic E-state index is 13.7. The zero-order valence-electron chi connectivity index (χ0n) is 16.9. The molecule has 1 aromatic carbocycles. The Labute approximate surface area is 173 Å². The molecule has 0 aliphatic rings. The van der Waals surface area contributed by atoms with E-state index in [1.807, 2.05) is 38.1 Å². The zero-order valence-corrected chi connectivity index (χ0v) is 20.3. The van der Waals surface area contributed by atoms with Crippen molar-refractivity contribution in [1.82, 2.24) is 0 Å². The van der Waals surface area contributed by atoms with Crippen LogP contribution in [0, 0.1) is 0 Å². The Bertz CT molecular complexity index is 589. The summed E-state index contributed by atoms with van der Waals surface area (Å²) in [4.78, 5) is 1.16. The molecule has 0 saturated carbocycles. The number of rotatable bonds is 14. The predicted molar refractivity (Wildman–Crippen MR) is 119 cm³/mol. The molecular weight excluding hydrogens is 422 g/mol. The summed E-state index contributed by atoms with van der Waals surface area (Å²) in [6, 6.07) is 7.91. The Morgan fingerprint density at radius 3 is 1.78 bits per heavy atom. The minimum atomic E-state index is -3.58. The van der Waals surface area contributed by atoms with Gasteiger partial charge in [0.25, 0.3) is 0 Å². The molecular formula is C18H32O5P2S2. The average Bonchev–Trinajstić information content (AvgIpc) is 2.62. The lowest BCUT2D eigenvalue weighted by Crippen LogP contribution is -2.11. The van der Waals surface area contributed by atoms with Crippen LogP contribution in [0.4, 0.5) is 0 Å². The van der Waals surface area contributed by atoms with Crippen LogP contribution < -0.4 is 0 Å². The summed E-state index contributed by atoms with van der Waals surface area (Å²) in [5, 5.41) is -0.759. The molecule has 1 atom stereocenters. The Hall–Kier alpha value is 0.290. The van der Waals surface area contributed by atoms with Gasteiger partial charge in [-0.15, -0.1) is 11.8 Å². The molecule has 0 aromatic heterocycles. The van der Waals surface area contributed by atoms with Gasteiger partial charge in [0.1, 0.15) is 0 Å². The molecule has 5 nitrogen and oxygen atoms in total. The maximum Gasteiger partial charge on any atom is 0.347 e. The number of benzene rings is 1. The van der Waals surface area contributed by atoms with Crippen molar-refractivity contribution in [2.45, 2.75) is 51.3 Å². The van der Waals surface area contributed by atoms with E-state index >= 15 is 0 Å². The topological polar surface area (TPSA) is 54.0 Å². The summed E-state index contributed by atoms with van der Waals surface area (Å²) in [7, 11) is -3.58. The van der Waals surface area contributed by atoms with Crippen LogP contribution in [-0.4, -0.2) is 32.2 Å². The van der Waals surface area contributed by atoms with E-state index in [0.29, 0.717) is 13.2 Å². The van der Waals surface area contributed by atoms with Gasteiger partial charge < -0.3 is 18.1 Å². The molecule has 27 heavy (non-hydrogen) atoms. The fourth-order valence-corrected chi connectivity index (χ4v) is 10.8. The van der Waals surface area contributed by atoms with Crippen molar-refractivity contribution < 1.29 is 22.7 Å². The second kappa shape index (κ2) is 12.8. The van der Waals surface area contributed by atoms with Crippen LogP contribution in [0.5, 0.6) is 0 Å². The van der Waals surface area contributed by atoms with Crippen molar-refractivity contribution in [3.8, 4) is 0 Å². The molecule has 1 unspecified atom stereocenters. The molecule has 0 heterocycles. The van der Waals surface area contributed by atoms with Crippen LogP contribution in [0.15, 0.2) is 29.2 Å². The highest BCUT2D eigenvalue weighted by atomic mass is 32.5. The molecule has 0 bridgehead atoms. The predicted octanol–water partition coefficient (Wildman–Crippen LogP) is 6.84. The van der Waals surface area contributed by atoms with Crippen molar-refractivity contribution in [3.05, 3.63) is 29.8 Å².